The topological polar surface area (TPSA) is 41.6 Å². The van der Waals surface area contributed by atoms with E-state index in [2.05, 4.69) is 47.5 Å². The minimum atomic E-state index is 0.00728. The van der Waals surface area contributed by atoms with E-state index in [4.69, 9.17) is 4.74 Å². The van der Waals surface area contributed by atoms with Crippen LogP contribution in [0.4, 0.5) is 0 Å². The Kier molecular flexibility index (Phi) is 8.96. The van der Waals surface area contributed by atoms with Gasteiger partial charge in [-0.25, -0.2) is 0 Å². The summed E-state index contributed by atoms with van der Waals surface area (Å²) in [5, 5.41) is 3.10. The zero-order chi connectivity index (χ0) is 24.5. The Labute approximate surface area is 210 Å². The van der Waals surface area contributed by atoms with Crippen molar-refractivity contribution in [1.29, 1.82) is 0 Å². The van der Waals surface area contributed by atoms with Crippen molar-refractivity contribution in [2.45, 2.75) is 51.5 Å². The summed E-state index contributed by atoms with van der Waals surface area (Å²) in [5.41, 5.74) is 5.91. The minimum absolute atomic E-state index is 0.00728. The van der Waals surface area contributed by atoms with Gasteiger partial charge in [0, 0.05) is 18.2 Å². The molecule has 1 N–H and O–H groups in total. The summed E-state index contributed by atoms with van der Waals surface area (Å²) in [6, 6.07) is 25.2. The summed E-state index contributed by atoms with van der Waals surface area (Å²) in [4.78, 5) is 15.2. The van der Waals surface area contributed by atoms with Gasteiger partial charge in [0.1, 0.15) is 5.75 Å². The highest BCUT2D eigenvalue weighted by Gasteiger charge is 2.24. The molecule has 0 heterocycles. The van der Waals surface area contributed by atoms with Crippen LogP contribution in [-0.2, 0) is 12.8 Å². The first-order valence-corrected chi connectivity index (χ1v) is 13.0. The highest BCUT2D eigenvalue weighted by molar-refractivity contribution is 5.94. The molecule has 0 unspecified atom stereocenters. The number of carbonyl (C=O) groups is 1. The van der Waals surface area contributed by atoms with E-state index in [0.29, 0.717) is 18.2 Å². The van der Waals surface area contributed by atoms with Crippen LogP contribution in [0.3, 0.4) is 0 Å². The van der Waals surface area contributed by atoms with Gasteiger partial charge in [-0.05, 0) is 98.1 Å². The van der Waals surface area contributed by atoms with Crippen molar-refractivity contribution in [2.24, 2.45) is 0 Å². The van der Waals surface area contributed by atoms with Gasteiger partial charge in [-0.3, -0.25) is 4.79 Å². The molecule has 1 aliphatic carbocycles. The number of nitrogens with one attached hydrogen (secondary N) is 1. The molecule has 1 aliphatic rings. The van der Waals surface area contributed by atoms with Gasteiger partial charge in [0.2, 0.25) is 0 Å². The summed E-state index contributed by atoms with van der Waals surface area (Å²) in [6.45, 7) is 5.18. The highest BCUT2D eigenvalue weighted by atomic mass is 16.5. The number of unbranched alkanes of at least 4 members (excludes halogenated alkanes) is 1. The molecule has 1 amide bonds. The normalized spacial score (nSPS) is 15.0. The molecule has 0 fully saturated rings. The Morgan fingerprint density at radius 2 is 1.71 bits per heavy atom. The van der Waals surface area contributed by atoms with Gasteiger partial charge in [0.15, 0.2) is 0 Å². The van der Waals surface area contributed by atoms with Crippen LogP contribution >= 0.6 is 0 Å². The van der Waals surface area contributed by atoms with Gasteiger partial charge in [0.05, 0.1) is 7.11 Å². The third-order valence-electron chi connectivity index (χ3n) is 7.05. The zero-order valence-electron chi connectivity index (χ0n) is 21.1. The van der Waals surface area contributed by atoms with Crippen LogP contribution in [0.2, 0.25) is 0 Å². The molecule has 4 rings (SSSR count). The summed E-state index contributed by atoms with van der Waals surface area (Å²) >= 11 is 0. The molecule has 0 bridgehead atoms. The highest BCUT2D eigenvalue weighted by Crippen LogP contribution is 2.28. The number of amides is 1. The third kappa shape index (κ3) is 6.73. The molecule has 184 valence electrons. The van der Waals surface area contributed by atoms with E-state index in [0.717, 1.165) is 62.1 Å². The van der Waals surface area contributed by atoms with Crippen molar-refractivity contribution in [3.63, 3.8) is 0 Å². The molecule has 3 aromatic rings. The Morgan fingerprint density at radius 1 is 0.943 bits per heavy atom. The van der Waals surface area contributed by atoms with Crippen LogP contribution in [0.25, 0.3) is 11.1 Å². The van der Waals surface area contributed by atoms with Crippen molar-refractivity contribution < 1.29 is 9.53 Å². The van der Waals surface area contributed by atoms with Crippen LogP contribution < -0.4 is 10.1 Å². The van der Waals surface area contributed by atoms with E-state index < -0.39 is 0 Å². The van der Waals surface area contributed by atoms with Crippen LogP contribution in [0.1, 0.15) is 54.1 Å². The molecule has 4 nitrogen and oxygen atoms in total. The lowest BCUT2D eigenvalue weighted by molar-refractivity contribution is 0.0952. The van der Waals surface area contributed by atoms with Crippen LogP contribution in [0.5, 0.6) is 5.75 Å². The lowest BCUT2D eigenvalue weighted by atomic mass is 9.87. The van der Waals surface area contributed by atoms with Gasteiger partial charge in [0.25, 0.3) is 5.91 Å². The molecule has 0 spiro atoms. The molecule has 0 aliphatic heterocycles. The average molecular weight is 471 g/mol. The van der Waals surface area contributed by atoms with Crippen molar-refractivity contribution in [3.05, 3.63) is 89.5 Å². The number of benzene rings is 3. The van der Waals surface area contributed by atoms with Crippen LogP contribution in [0.15, 0.2) is 72.8 Å². The Balaban J connectivity index is 1.22. The number of fused-ring (bicyclic) bond motifs is 1. The summed E-state index contributed by atoms with van der Waals surface area (Å²) in [6.07, 6.45) is 6.71. The number of ether oxygens (including phenoxy) is 1. The number of nitrogens with zero attached hydrogens (tertiary/aromatic N) is 1. The second kappa shape index (κ2) is 12.6. The van der Waals surface area contributed by atoms with Crippen molar-refractivity contribution in [2.75, 3.05) is 26.7 Å². The van der Waals surface area contributed by atoms with Crippen LogP contribution in [0, 0.1) is 0 Å². The Hall–Kier alpha value is -3.11. The quantitative estimate of drug-likeness (QED) is 0.342. The molecule has 0 radical (unpaired) electrons. The van der Waals surface area contributed by atoms with Gasteiger partial charge in [-0.15, -0.1) is 0 Å². The SMILES string of the molecule is CCCN(CCCCNC(=O)c1ccc(-c2ccccc2)cc1)[C@@H]1CCc2ccc(OC)cc2C1. The van der Waals surface area contributed by atoms with E-state index in [-0.39, 0.29) is 5.91 Å². The molecule has 0 aromatic heterocycles. The maximum absolute atomic E-state index is 12.6. The van der Waals surface area contributed by atoms with Crippen molar-refractivity contribution >= 4 is 5.91 Å². The first-order chi connectivity index (χ1) is 17.2. The lowest BCUT2D eigenvalue weighted by Gasteiger charge is -2.35. The van der Waals surface area contributed by atoms with Gasteiger partial charge in [-0.1, -0.05) is 55.5 Å². The maximum Gasteiger partial charge on any atom is 0.251 e. The van der Waals surface area contributed by atoms with Crippen LogP contribution in [-0.4, -0.2) is 43.6 Å². The number of methoxy groups -OCH3 is 1. The number of carbonyl (C=O) groups excluding carboxylic acids is 1. The van der Waals surface area contributed by atoms with E-state index in [1.165, 1.54) is 17.5 Å². The fraction of sp³-hybridized carbons (Fsp3) is 0.387. The predicted octanol–water partition coefficient (Wildman–Crippen LogP) is 6.14. The van der Waals surface area contributed by atoms with E-state index >= 15 is 0 Å². The second-order valence-corrected chi connectivity index (χ2v) is 9.47. The monoisotopic (exact) mass is 470 g/mol. The van der Waals surface area contributed by atoms with E-state index in [1.807, 2.05) is 42.5 Å². The van der Waals surface area contributed by atoms with Gasteiger partial charge in [-0.2, -0.15) is 0 Å². The molecule has 4 heteroatoms. The van der Waals surface area contributed by atoms with E-state index in [1.54, 1.807) is 7.11 Å². The molecule has 1 atom stereocenters. The number of aryl methyl sites for hydroxylation is 1. The number of rotatable bonds is 11. The number of hydrogen-bond acceptors (Lipinski definition) is 3. The van der Waals surface area contributed by atoms with Crippen molar-refractivity contribution in [1.82, 2.24) is 10.2 Å². The fourth-order valence-corrected chi connectivity index (χ4v) is 5.11. The van der Waals surface area contributed by atoms with E-state index in [9.17, 15) is 4.79 Å². The molecule has 0 saturated carbocycles. The van der Waals surface area contributed by atoms with Gasteiger partial charge >= 0.3 is 0 Å². The first-order valence-electron chi connectivity index (χ1n) is 13.0. The molecule has 35 heavy (non-hydrogen) atoms. The zero-order valence-corrected chi connectivity index (χ0v) is 21.1. The molecule has 3 aromatic carbocycles. The summed E-state index contributed by atoms with van der Waals surface area (Å²) < 4.78 is 5.44. The Bertz CT molecular complexity index is 1080. The first kappa shape index (κ1) is 25.0. The Morgan fingerprint density at radius 3 is 2.46 bits per heavy atom. The molecular formula is C31H38N2O2. The molecule has 0 saturated heterocycles. The third-order valence-corrected chi connectivity index (χ3v) is 7.05. The van der Waals surface area contributed by atoms with Crippen molar-refractivity contribution in [3.8, 4) is 16.9 Å². The maximum atomic E-state index is 12.6. The lowest BCUT2D eigenvalue weighted by Crippen LogP contribution is -2.40. The summed E-state index contributed by atoms with van der Waals surface area (Å²) in [5.74, 6) is 0.963. The fourth-order valence-electron chi connectivity index (χ4n) is 5.11. The predicted molar refractivity (Wildman–Crippen MR) is 144 cm³/mol. The van der Waals surface area contributed by atoms with Gasteiger partial charge < -0.3 is 15.0 Å². The molecular weight excluding hydrogens is 432 g/mol. The second-order valence-electron chi connectivity index (χ2n) is 9.47. The standard InChI is InChI=1S/C31H38N2O2/c1-3-20-33(29-17-15-26-16-18-30(35-2)23-28(26)22-29)21-8-7-19-32-31(34)27-13-11-25(12-14-27)24-9-5-4-6-10-24/h4-6,9-14,16,18,23,29H,3,7-8,15,17,19-22H2,1-2H3,(H,32,34)/t29-/m1/s1. The smallest absolute Gasteiger partial charge is 0.251 e. The minimum Gasteiger partial charge on any atom is -0.497 e. The summed E-state index contributed by atoms with van der Waals surface area (Å²) in [7, 11) is 1.74. The number of hydrogen-bond donors (Lipinski definition) is 1. The average Bonchev–Trinajstić information content (AvgIpc) is 2.92. The largest absolute Gasteiger partial charge is 0.497 e.